The first-order valence-electron chi connectivity index (χ1n) is 9.13. The summed E-state index contributed by atoms with van der Waals surface area (Å²) >= 11 is 1.82. The predicted molar refractivity (Wildman–Crippen MR) is 104 cm³/mol. The number of piperidine rings is 1. The van der Waals surface area contributed by atoms with Crippen LogP contribution in [0, 0.1) is 5.41 Å². The van der Waals surface area contributed by atoms with E-state index in [2.05, 4.69) is 22.4 Å². The van der Waals surface area contributed by atoms with Crippen molar-refractivity contribution in [1.82, 2.24) is 4.90 Å². The number of benzene rings is 1. The molecule has 29 heavy (non-hydrogen) atoms. The summed E-state index contributed by atoms with van der Waals surface area (Å²) in [6, 6.07) is 14.3. The van der Waals surface area contributed by atoms with Crippen molar-refractivity contribution in [2.24, 2.45) is 5.41 Å². The molecule has 4 rings (SSSR count). The average molecular weight is 426 g/mol. The molecule has 0 unspecified atom stereocenters. The molecule has 0 saturated carbocycles. The third-order valence-corrected chi connectivity index (χ3v) is 6.10. The molecule has 1 aromatic heterocycles. The fourth-order valence-corrected chi connectivity index (χ4v) is 4.33. The summed E-state index contributed by atoms with van der Waals surface area (Å²) < 4.78 is 31.7. The summed E-state index contributed by atoms with van der Waals surface area (Å²) in [5.41, 5.74) is 0.959. The molecule has 2 aliphatic rings. The van der Waals surface area contributed by atoms with Gasteiger partial charge in [0.25, 0.3) is 0 Å². The molecule has 1 spiro atoms. The lowest BCUT2D eigenvalue weighted by atomic mass is 9.71. The number of nitrogens with zero attached hydrogens (tertiary/aromatic N) is 2. The number of carbonyl (C=O) groups excluding carboxylic acids is 1. The number of para-hydroxylation sites is 1. The normalized spacial score (nSPS) is 18.7. The molecule has 9 heteroatoms. The van der Waals surface area contributed by atoms with E-state index < -0.39 is 12.1 Å². The average Bonchev–Trinajstić information content (AvgIpc) is 3.20. The predicted octanol–water partition coefficient (Wildman–Crippen LogP) is 4.01. The molecule has 0 atom stereocenters. The standard InChI is InChI=1S/C18H20N2OS.C2HF3O2/c21-17-18(14-20(17)15-5-2-1-3-6-15)8-10-19(11-9-18)13-16-7-4-12-22-16;3-2(4,5)1(6)7/h1-7,12H,8-11,13-14H2;(H,6,7). The second kappa shape index (κ2) is 8.54. The zero-order valence-corrected chi connectivity index (χ0v) is 16.4. The topological polar surface area (TPSA) is 60.9 Å². The Bertz CT molecular complexity index is 832. The molecule has 1 aromatic carbocycles. The molecule has 0 bridgehead atoms. The molecule has 2 aromatic rings. The van der Waals surface area contributed by atoms with Crippen molar-refractivity contribution in [3.8, 4) is 0 Å². The molecule has 156 valence electrons. The zero-order valence-electron chi connectivity index (χ0n) is 15.6. The molecule has 5 nitrogen and oxygen atoms in total. The van der Waals surface area contributed by atoms with Crippen LogP contribution in [0.3, 0.4) is 0 Å². The largest absolute Gasteiger partial charge is 0.490 e. The van der Waals surface area contributed by atoms with Crippen LogP contribution in [0.2, 0.25) is 0 Å². The van der Waals surface area contributed by atoms with E-state index >= 15 is 0 Å². The van der Waals surface area contributed by atoms with Crippen molar-refractivity contribution in [3.63, 3.8) is 0 Å². The van der Waals surface area contributed by atoms with Crippen LogP contribution in [0.1, 0.15) is 17.7 Å². The van der Waals surface area contributed by atoms with Gasteiger partial charge in [-0.2, -0.15) is 13.2 Å². The second-order valence-corrected chi connectivity index (χ2v) is 8.20. The van der Waals surface area contributed by atoms with Crippen molar-refractivity contribution in [2.45, 2.75) is 25.6 Å². The van der Waals surface area contributed by atoms with Crippen LogP contribution in [0.25, 0.3) is 0 Å². The highest BCUT2D eigenvalue weighted by Gasteiger charge is 2.53. The summed E-state index contributed by atoms with van der Waals surface area (Å²) in [7, 11) is 0. The number of rotatable bonds is 3. The number of hydrogen-bond donors (Lipinski definition) is 1. The Morgan fingerprint density at radius 2 is 1.72 bits per heavy atom. The van der Waals surface area contributed by atoms with E-state index in [4.69, 9.17) is 9.90 Å². The highest BCUT2D eigenvalue weighted by atomic mass is 32.1. The lowest BCUT2D eigenvalue weighted by Crippen LogP contribution is -2.64. The van der Waals surface area contributed by atoms with E-state index in [9.17, 15) is 18.0 Å². The van der Waals surface area contributed by atoms with E-state index in [0.29, 0.717) is 5.91 Å². The van der Waals surface area contributed by atoms with Crippen LogP contribution in [0.4, 0.5) is 18.9 Å². The van der Waals surface area contributed by atoms with Crippen LogP contribution in [-0.4, -0.2) is 47.7 Å². The third-order valence-electron chi connectivity index (χ3n) is 5.24. The molecule has 2 aliphatic heterocycles. The highest BCUT2D eigenvalue weighted by Crippen LogP contribution is 2.44. The van der Waals surface area contributed by atoms with Crippen molar-refractivity contribution in [3.05, 3.63) is 52.7 Å². The minimum absolute atomic E-state index is 0.0816. The first-order valence-corrected chi connectivity index (χ1v) is 10.0. The molecule has 2 saturated heterocycles. The number of aliphatic carboxylic acids is 1. The summed E-state index contributed by atoms with van der Waals surface area (Å²) in [5, 5.41) is 9.26. The van der Waals surface area contributed by atoms with Gasteiger partial charge in [0.15, 0.2) is 0 Å². The van der Waals surface area contributed by atoms with E-state index in [1.807, 2.05) is 46.6 Å². The maximum Gasteiger partial charge on any atom is 0.490 e. The van der Waals surface area contributed by atoms with Crippen LogP contribution in [-0.2, 0) is 16.1 Å². The van der Waals surface area contributed by atoms with Crippen molar-refractivity contribution in [1.29, 1.82) is 0 Å². The molecule has 3 heterocycles. The molecule has 0 radical (unpaired) electrons. The van der Waals surface area contributed by atoms with Gasteiger partial charge in [-0.1, -0.05) is 24.3 Å². The van der Waals surface area contributed by atoms with Gasteiger partial charge in [-0.25, -0.2) is 4.79 Å². The van der Waals surface area contributed by atoms with Crippen molar-refractivity contribution < 1.29 is 27.9 Å². The molecular formula is C20H21F3N2O3S. The number of likely N-dealkylation sites (tertiary alicyclic amines) is 1. The fourth-order valence-electron chi connectivity index (χ4n) is 3.59. The van der Waals surface area contributed by atoms with Gasteiger partial charge in [-0.15, -0.1) is 11.3 Å². The molecule has 2 fully saturated rings. The maximum atomic E-state index is 12.7. The first kappa shape index (κ1) is 21.3. The van der Waals surface area contributed by atoms with Gasteiger partial charge in [0, 0.05) is 23.7 Å². The van der Waals surface area contributed by atoms with Gasteiger partial charge in [0.2, 0.25) is 5.91 Å². The number of halogens is 3. The summed E-state index contributed by atoms with van der Waals surface area (Å²) in [6.45, 7) is 3.99. The maximum absolute atomic E-state index is 12.7. The summed E-state index contributed by atoms with van der Waals surface area (Å²) in [4.78, 5) is 27.4. The van der Waals surface area contributed by atoms with Gasteiger partial charge < -0.3 is 10.0 Å². The summed E-state index contributed by atoms with van der Waals surface area (Å²) in [6.07, 6.45) is -3.08. The number of hydrogen-bond acceptors (Lipinski definition) is 4. The van der Waals surface area contributed by atoms with Gasteiger partial charge >= 0.3 is 12.1 Å². The fraction of sp³-hybridized carbons (Fsp3) is 0.400. The van der Waals surface area contributed by atoms with Crippen LogP contribution in [0.15, 0.2) is 47.8 Å². The van der Waals surface area contributed by atoms with Crippen LogP contribution >= 0.6 is 11.3 Å². The van der Waals surface area contributed by atoms with Crippen LogP contribution < -0.4 is 4.90 Å². The Hall–Kier alpha value is -2.39. The second-order valence-electron chi connectivity index (χ2n) is 7.17. The zero-order chi connectivity index (χ0) is 21.1. The number of thiophene rings is 1. The SMILES string of the molecule is O=C(O)C(F)(F)F.O=C1N(c2ccccc2)CC12CCN(Cc1cccs1)CC2. The lowest BCUT2D eigenvalue weighted by molar-refractivity contribution is -0.192. The van der Waals surface area contributed by atoms with Crippen molar-refractivity contribution >= 4 is 28.9 Å². The van der Waals surface area contributed by atoms with E-state index in [1.165, 1.54) is 4.88 Å². The third kappa shape index (κ3) is 4.97. The number of carboxylic acids is 1. The number of β-lactam (4-membered cyclic amide) rings is 1. The Kier molecular flexibility index (Phi) is 6.28. The number of carboxylic acid groups (broad SMARTS) is 1. The first-order chi connectivity index (χ1) is 13.7. The number of carbonyl (C=O) groups is 2. The monoisotopic (exact) mass is 426 g/mol. The van der Waals surface area contributed by atoms with Gasteiger partial charge in [-0.3, -0.25) is 9.69 Å². The number of amides is 1. The quantitative estimate of drug-likeness (QED) is 0.754. The molecular weight excluding hydrogens is 405 g/mol. The molecule has 1 amide bonds. The number of alkyl halides is 3. The Morgan fingerprint density at radius 3 is 2.21 bits per heavy atom. The van der Waals surface area contributed by atoms with E-state index in [-0.39, 0.29) is 5.41 Å². The Morgan fingerprint density at radius 1 is 1.10 bits per heavy atom. The molecule has 1 N–H and O–H groups in total. The van der Waals surface area contributed by atoms with Gasteiger partial charge in [0.05, 0.1) is 5.41 Å². The number of anilines is 1. The highest BCUT2D eigenvalue weighted by molar-refractivity contribution is 7.09. The van der Waals surface area contributed by atoms with Crippen molar-refractivity contribution in [2.75, 3.05) is 24.5 Å². The minimum Gasteiger partial charge on any atom is -0.475 e. The minimum atomic E-state index is -5.08. The van der Waals surface area contributed by atoms with Crippen LogP contribution in [0.5, 0.6) is 0 Å². The van der Waals surface area contributed by atoms with Gasteiger partial charge in [0.1, 0.15) is 0 Å². The van der Waals surface area contributed by atoms with E-state index in [1.54, 1.807) is 0 Å². The Balaban J connectivity index is 0.000000298. The lowest BCUT2D eigenvalue weighted by Gasteiger charge is -2.52. The Labute approximate surface area is 170 Å². The van der Waals surface area contributed by atoms with E-state index in [0.717, 1.165) is 44.7 Å². The molecule has 0 aliphatic carbocycles. The summed E-state index contributed by atoms with van der Waals surface area (Å²) in [5.74, 6) is -2.43. The van der Waals surface area contributed by atoms with Gasteiger partial charge in [-0.05, 0) is 49.5 Å². The smallest absolute Gasteiger partial charge is 0.475 e.